The van der Waals surface area contributed by atoms with Crippen LogP contribution in [0.1, 0.15) is 42.6 Å². The molecule has 2 rings (SSSR count). The third-order valence-corrected chi connectivity index (χ3v) is 3.62. The van der Waals surface area contributed by atoms with Crippen molar-refractivity contribution in [2.24, 2.45) is 0 Å². The highest BCUT2D eigenvalue weighted by atomic mass is 16.1. The van der Waals surface area contributed by atoms with E-state index in [1.54, 1.807) is 0 Å². The van der Waals surface area contributed by atoms with E-state index in [4.69, 9.17) is 0 Å². The molecule has 3 heteroatoms. The van der Waals surface area contributed by atoms with Gasteiger partial charge in [0.2, 0.25) is 0 Å². The summed E-state index contributed by atoms with van der Waals surface area (Å²) in [7, 11) is 0. The predicted octanol–water partition coefficient (Wildman–Crippen LogP) is 2.12. The average molecular weight is 246 g/mol. The van der Waals surface area contributed by atoms with Crippen LogP contribution in [0.4, 0.5) is 0 Å². The molecular formula is C15H22N2O. The highest BCUT2D eigenvalue weighted by Gasteiger charge is 2.19. The third-order valence-electron chi connectivity index (χ3n) is 3.62. The number of carbonyl (C=O) groups excluding carboxylic acids is 1. The monoisotopic (exact) mass is 246 g/mol. The Morgan fingerprint density at radius 2 is 2.06 bits per heavy atom. The molecule has 1 aromatic carbocycles. The Hall–Kier alpha value is -1.35. The summed E-state index contributed by atoms with van der Waals surface area (Å²) >= 11 is 0. The molecule has 0 bridgehead atoms. The molecule has 2 unspecified atom stereocenters. The van der Waals surface area contributed by atoms with E-state index in [1.165, 1.54) is 5.56 Å². The first kappa shape index (κ1) is 13.1. The van der Waals surface area contributed by atoms with Gasteiger partial charge < -0.3 is 10.6 Å². The van der Waals surface area contributed by atoms with Gasteiger partial charge in [-0.2, -0.15) is 0 Å². The summed E-state index contributed by atoms with van der Waals surface area (Å²) in [6, 6.07) is 8.70. The number of piperidine rings is 1. The van der Waals surface area contributed by atoms with Gasteiger partial charge in [0, 0.05) is 24.2 Å². The molecule has 1 saturated heterocycles. The zero-order valence-electron chi connectivity index (χ0n) is 11.2. The molecule has 1 aliphatic heterocycles. The maximum absolute atomic E-state index is 12.1. The number of hydrogen-bond donors (Lipinski definition) is 2. The second-order valence-corrected chi connectivity index (χ2v) is 5.11. The molecule has 1 aliphatic rings. The lowest BCUT2D eigenvalue weighted by Gasteiger charge is -2.28. The summed E-state index contributed by atoms with van der Waals surface area (Å²) in [5.74, 6) is 0.0407. The molecule has 0 spiro atoms. The van der Waals surface area contributed by atoms with Crippen LogP contribution in [-0.2, 0) is 6.42 Å². The number of nitrogens with one attached hydrogen (secondary N) is 2. The minimum Gasteiger partial charge on any atom is -0.348 e. The molecule has 0 aliphatic carbocycles. The Morgan fingerprint density at radius 3 is 2.61 bits per heavy atom. The molecule has 18 heavy (non-hydrogen) atoms. The minimum absolute atomic E-state index is 0.0407. The van der Waals surface area contributed by atoms with E-state index in [1.807, 2.05) is 24.3 Å². The van der Waals surface area contributed by atoms with Crippen LogP contribution >= 0.6 is 0 Å². The molecule has 1 aromatic rings. The van der Waals surface area contributed by atoms with Crippen LogP contribution in [0.15, 0.2) is 24.3 Å². The normalized spacial score (nSPS) is 23.7. The number of rotatable bonds is 3. The van der Waals surface area contributed by atoms with Crippen molar-refractivity contribution in [2.45, 2.75) is 45.2 Å². The quantitative estimate of drug-likeness (QED) is 0.857. The van der Waals surface area contributed by atoms with E-state index in [2.05, 4.69) is 24.5 Å². The van der Waals surface area contributed by atoms with Gasteiger partial charge in [0.05, 0.1) is 0 Å². The second-order valence-electron chi connectivity index (χ2n) is 5.11. The van der Waals surface area contributed by atoms with E-state index in [9.17, 15) is 4.79 Å². The number of hydrogen-bond acceptors (Lipinski definition) is 2. The average Bonchev–Trinajstić information content (AvgIpc) is 2.41. The number of benzene rings is 1. The zero-order valence-corrected chi connectivity index (χ0v) is 11.2. The fourth-order valence-electron chi connectivity index (χ4n) is 2.28. The Morgan fingerprint density at radius 1 is 1.33 bits per heavy atom. The number of amides is 1. The van der Waals surface area contributed by atoms with E-state index < -0.39 is 0 Å². The van der Waals surface area contributed by atoms with Crippen LogP contribution < -0.4 is 10.6 Å². The molecule has 2 N–H and O–H groups in total. The van der Waals surface area contributed by atoms with Crippen LogP contribution in [0.5, 0.6) is 0 Å². The van der Waals surface area contributed by atoms with Crippen LogP contribution in [0, 0.1) is 0 Å². The Bertz CT molecular complexity index is 391. The van der Waals surface area contributed by atoms with Gasteiger partial charge in [0.15, 0.2) is 0 Å². The Kier molecular flexibility index (Phi) is 4.37. The lowest BCUT2D eigenvalue weighted by Crippen LogP contribution is -2.48. The van der Waals surface area contributed by atoms with Gasteiger partial charge in [-0.05, 0) is 43.9 Å². The standard InChI is InChI=1S/C15H22N2O/c1-3-12-5-7-13(8-6-12)15(18)17-14-9-4-11(2)16-10-14/h5-8,11,14,16H,3-4,9-10H2,1-2H3,(H,17,18). The SMILES string of the molecule is CCc1ccc(C(=O)NC2CCC(C)NC2)cc1. The fraction of sp³-hybridized carbons (Fsp3) is 0.533. The Labute approximate surface area is 109 Å². The molecule has 98 valence electrons. The summed E-state index contributed by atoms with van der Waals surface area (Å²) in [5.41, 5.74) is 2.02. The van der Waals surface area contributed by atoms with E-state index in [0.29, 0.717) is 6.04 Å². The molecule has 1 amide bonds. The summed E-state index contributed by atoms with van der Waals surface area (Å²) in [4.78, 5) is 12.1. The molecule has 0 saturated carbocycles. The van der Waals surface area contributed by atoms with Gasteiger partial charge in [-0.15, -0.1) is 0 Å². The highest BCUT2D eigenvalue weighted by Crippen LogP contribution is 2.09. The molecule has 3 nitrogen and oxygen atoms in total. The van der Waals surface area contributed by atoms with Crippen LogP contribution in [0.3, 0.4) is 0 Å². The van der Waals surface area contributed by atoms with Crippen LogP contribution in [0.2, 0.25) is 0 Å². The molecule has 1 heterocycles. The van der Waals surface area contributed by atoms with Crippen molar-refractivity contribution in [3.05, 3.63) is 35.4 Å². The smallest absolute Gasteiger partial charge is 0.251 e. The lowest BCUT2D eigenvalue weighted by molar-refractivity contribution is 0.0927. The summed E-state index contributed by atoms with van der Waals surface area (Å²) < 4.78 is 0. The van der Waals surface area contributed by atoms with Gasteiger partial charge in [-0.3, -0.25) is 4.79 Å². The van der Waals surface area contributed by atoms with Gasteiger partial charge in [-0.25, -0.2) is 0 Å². The van der Waals surface area contributed by atoms with Crippen LogP contribution in [0.25, 0.3) is 0 Å². The van der Waals surface area contributed by atoms with Gasteiger partial charge in [-0.1, -0.05) is 19.1 Å². The first-order valence-electron chi connectivity index (χ1n) is 6.82. The number of aryl methyl sites for hydroxylation is 1. The summed E-state index contributed by atoms with van der Waals surface area (Å²) in [6.45, 7) is 5.17. The van der Waals surface area contributed by atoms with Crippen molar-refractivity contribution < 1.29 is 4.79 Å². The molecule has 2 atom stereocenters. The van der Waals surface area contributed by atoms with Gasteiger partial charge in [0.1, 0.15) is 0 Å². The Balaban J connectivity index is 1.90. The first-order chi connectivity index (χ1) is 8.69. The largest absolute Gasteiger partial charge is 0.348 e. The topological polar surface area (TPSA) is 41.1 Å². The van der Waals surface area contributed by atoms with Crippen molar-refractivity contribution in [3.8, 4) is 0 Å². The predicted molar refractivity (Wildman–Crippen MR) is 73.8 cm³/mol. The third kappa shape index (κ3) is 3.33. The minimum atomic E-state index is 0.0407. The first-order valence-corrected chi connectivity index (χ1v) is 6.82. The summed E-state index contributed by atoms with van der Waals surface area (Å²) in [6.07, 6.45) is 3.19. The van der Waals surface area contributed by atoms with E-state index in [0.717, 1.165) is 31.4 Å². The second kappa shape index (κ2) is 6.01. The van der Waals surface area contributed by atoms with E-state index >= 15 is 0 Å². The summed E-state index contributed by atoms with van der Waals surface area (Å²) in [5, 5.41) is 6.48. The van der Waals surface area contributed by atoms with Gasteiger partial charge in [0.25, 0.3) is 5.91 Å². The van der Waals surface area contributed by atoms with Crippen molar-refractivity contribution >= 4 is 5.91 Å². The van der Waals surface area contributed by atoms with E-state index in [-0.39, 0.29) is 11.9 Å². The molecular weight excluding hydrogens is 224 g/mol. The lowest BCUT2D eigenvalue weighted by atomic mass is 10.0. The molecule has 0 aromatic heterocycles. The fourth-order valence-corrected chi connectivity index (χ4v) is 2.28. The number of carbonyl (C=O) groups is 1. The van der Waals surface area contributed by atoms with Crippen LogP contribution in [-0.4, -0.2) is 24.5 Å². The maximum atomic E-state index is 12.1. The van der Waals surface area contributed by atoms with Crippen molar-refractivity contribution in [1.82, 2.24) is 10.6 Å². The molecule has 1 fully saturated rings. The van der Waals surface area contributed by atoms with Gasteiger partial charge >= 0.3 is 0 Å². The van der Waals surface area contributed by atoms with Crippen molar-refractivity contribution in [1.29, 1.82) is 0 Å². The zero-order chi connectivity index (χ0) is 13.0. The van der Waals surface area contributed by atoms with Crippen molar-refractivity contribution in [3.63, 3.8) is 0 Å². The van der Waals surface area contributed by atoms with Crippen molar-refractivity contribution in [2.75, 3.05) is 6.54 Å². The maximum Gasteiger partial charge on any atom is 0.251 e. The molecule has 0 radical (unpaired) electrons. The highest BCUT2D eigenvalue weighted by molar-refractivity contribution is 5.94.